The van der Waals surface area contributed by atoms with Crippen molar-refractivity contribution >= 4 is 18.3 Å². The van der Waals surface area contributed by atoms with Crippen LogP contribution in [0.3, 0.4) is 0 Å². The minimum atomic E-state index is -0.623. The quantitative estimate of drug-likeness (QED) is 0.894. The van der Waals surface area contributed by atoms with Gasteiger partial charge in [0.05, 0.1) is 5.56 Å². The molecule has 1 saturated carbocycles. The van der Waals surface area contributed by atoms with Gasteiger partial charge in [0.2, 0.25) is 0 Å². The Kier molecular flexibility index (Phi) is 5.75. The van der Waals surface area contributed by atoms with Gasteiger partial charge in [0.1, 0.15) is 11.6 Å². The van der Waals surface area contributed by atoms with Crippen LogP contribution >= 0.6 is 12.4 Å². The van der Waals surface area contributed by atoms with Gasteiger partial charge in [0.15, 0.2) is 0 Å². The molecule has 22 heavy (non-hydrogen) atoms. The first-order valence-corrected chi connectivity index (χ1v) is 7.65. The summed E-state index contributed by atoms with van der Waals surface area (Å²) in [4.78, 5) is 12.0. The molecule has 6 heteroatoms. The maximum atomic E-state index is 14.2. The van der Waals surface area contributed by atoms with Crippen LogP contribution in [-0.2, 0) is 0 Å². The van der Waals surface area contributed by atoms with Crippen LogP contribution in [0.4, 0.5) is 8.78 Å². The Hall–Kier alpha value is -1.20. The summed E-state index contributed by atoms with van der Waals surface area (Å²) in [5.41, 5.74) is 0.214. The molecule has 1 saturated heterocycles. The van der Waals surface area contributed by atoms with Gasteiger partial charge in [0, 0.05) is 6.04 Å². The molecule has 1 aromatic rings. The van der Waals surface area contributed by atoms with Gasteiger partial charge in [-0.25, -0.2) is 8.78 Å². The number of hydrogen-bond donors (Lipinski definition) is 2. The van der Waals surface area contributed by atoms with E-state index in [1.54, 1.807) is 0 Å². The van der Waals surface area contributed by atoms with Crippen molar-refractivity contribution in [2.45, 2.75) is 44.1 Å². The highest BCUT2D eigenvalue weighted by atomic mass is 35.5. The zero-order chi connectivity index (χ0) is 14.8. The molecular weight excluding hydrogens is 310 g/mol. The molecule has 1 aliphatic heterocycles. The third kappa shape index (κ3) is 3.58. The van der Waals surface area contributed by atoms with Crippen molar-refractivity contribution < 1.29 is 13.6 Å². The molecule has 2 N–H and O–H groups in total. The lowest BCUT2D eigenvalue weighted by Crippen LogP contribution is -2.39. The fraction of sp³-hybridized carbons (Fsp3) is 0.562. The van der Waals surface area contributed by atoms with Crippen LogP contribution in [0.25, 0.3) is 0 Å². The van der Waals surface area contributed by atoms with Crippen LogP contribution < -0.4 is 10.6 Å². The zero-order valence-corrected chi connectivity index (χ0v) is 13.1. The van der Waals surface area contributed by atoms with Gasteiger partial charge in [-0.15, -0.1) is 12.4 Å². The Bertz CT molecular complexity index is 543. The summed E-state index contributed by atoms with van der Waals surface area (Å²) in [5.74, 6) is -1.57. The normalized spacial score (nSPS) is 19.2. The molecule has 0 spiro atoms. The second-order valence-corrected chi connectivity index (χ2v) is 5.98. The molecule has 2 aliphatic rings. The van der Waals surface area contributed by atoms with Gasteiger partial charge in [0.25, 0.3) is 5.91 Å². The lowest BCUT2D eigenvalue weighted by Gasteiger charge is -2.27. The molecule has 0 radical (unpaired) electrons. The summed E-state index contributed by atoms with van der Waals surface area (Å²) < 4.78 is 28.4. The highest BCUT2D eigenvalue weighted by Crippen LogP contribution is 2.29. The number of nitrogens with one attached hydrogen (secondary N) is 2. The molecule has 1 aliphatic carbocycles. The lowest BCUT2D eigenvalue weighted by atomic mass is 9.89. The number of hydrogen-bond acceptors (Lipinski definition) is 2. The van der Waals surface area contributed by atoms with E-state index >= 15 is 0 Å². The first-order chi connectivity index (χ1) is 10.1. The van der Waals surface area contributed by atoms with Crippen molar-refractivity contribution in [1.82, 2.24) is 10.6 Å². The first-order valence-electron chi connectivity index (χ1n) is 7.65. The van der Waals surface area contributed by atoms with Crippen LogP contribution in [0, 0.1) is 11.6 Å². The molecule has 1 heterocycles. The summed E-state index contributed by atoms with van der Waals surface area (Å²) in [6.45, 7) is 1.63. The van der Waals surface area contributed by atoms with Gasteiger partial charge < -0.3 is 10.6 Å². The van der Waals surface area contributed by atoms with E-state index in [-0.39, 0.29) is 29.9 Å². The van der Waals surface area contributed by atoms with Gasteiger partial charge in [-0.05, 0) is 68.8 Å². The topological polar surface area (TPSA) is 41.1 Å². The molecule has 0 atom stereocenters. The largest absolute Gasteiger partial charge is 0.349 e. The predicted molar refractivity (Wildman–Crippen MR) is 83.6 cm³/mol. The Morgan fingerprint density at radius 3 is 2.36 bits per heavy atom. The van der Waals surface area contributed by atoms with Crippen molar-refractivity contribution in [2.24, 2.45) is 0 Å². The first kappa shape index (κ1) is 17.2. The highest BCUT2D eigenvalue weighted by Gasteiger charge is 2.25. The van der Waals surface area contributed by atoms with Crippen LogP contribution in [0.1, 0.15) is 53.9 Å². The Morgan fingerprint density at radius 1 is 1.09 bits per heavy atom. The molecule has 0 bridgehead atoms. The minimum Gasteiger partial charge on any atom is -0.349 e. The van der Waals surface area contributed by atoms with Gasteiger partial charge in [-0.1, -0.05) is 0 Å². The fourth-order valence-electron chi connectivity index (χ4n) is 3.00. The third-order valence-corrected chi connectivity index (χ3v) is 4.55. The van der Waals surface area contributed by atoms with E-state index in [9.17, 15) is 13.6 Å². The van der Waals surface area contributed by atoms with Crippen molar-refractivity contribution in [3.8, 4) is 0 Å². The minimum absolute atomic E-state index is 0. The van der Waals surface area contributed by atoms with Crippen molar-refractivity contribution in [3.63, 3.8) is 0 Å². The Labute approximate surface area is 135 Å². The maximum Gasteiger partial charge on any atom is 0.254 e. The molecule has 0 unspecified atom stereocenters. The predicted octanol–water partition coefficient (Wildman–Crippen LogP) is 3.14. The van der Waals surface area contributed by atoms with Gasteiger partial charge in [-0.3, -0.25) is 4.79 Å². The third-order valence-electron chi connectivity index (χ3n) is 4.55. The summed E-state index contributed by atoms with van der Waals surface area (Å²) in [7, 11) is 0. The summed E-state index contributed by atoms with van der Waals surface area (Å²) >= 11 is 0. The van der Waals surface area contributed by atoms with E-state index in [2.05, 4.69) is 10.6 Å². The average molecular weight is 331 g/mol. The van der Waals surface area contributed by atoms with E-state index in [4.69, 9.17) is 0 Å². The highest BCUT2D eigenvalue weighted by molar-refractivity contribution is 5.94. The Balaban J connectivity index is 0.00000176. The number of rotatable bonds is 3. The SMILES string of the molecule is Cl.O=C(NC1CCC1)c1cc(F)c(C2CCNCC2)cc1F. The molecule has 3 rings (SSSR count). The second-order valence-electron chi connectivity index (χ2n) is 5.98. The van der Waals surface area contributed by atoms with E-state index < -0.39 is 17.5 Å². The van der Waals surface area contributed by atoms with Gasteiger partial charge >= 0.3 is 0 Å². The van der Waals surface area contributed by atoms with E-state index in [0.29, 0.717) is 5.56 Å². The number of amides is 1. The second kappa shape index (κ2) is 7.38. The molecule has 122 valence electrons. The van der Waals surface area contributed by atoms with E-state index in [1.165, 1.54) is 6.07 Å². The molecular formula is C16H21ClF2N2O. The smallest absolute Gasteiger partial charge is 0.254 e. The van der Waals surface area contributed by atoms with Crippen LogP contribution in [-0.4, -0.2) is 25.0 Å². The lowest BCUT2D eigenvalue weighted by molar-refractivity contribution is 0.0912. The number of benzene rings is 1. The summed E-state index contributed by atoms with van der Waals surface area (Å²) in [6.07, 6.45) is 4.51. The number of piperidine rings is 1. The number of carbonyl (C=O) groups excluding carboxylic acids is 1. The van der Waals surface area contributed by atoms with Crippen molar-refractivity contribution in [3.05, 3.63) is 34.9 Å². The average Bonchev–Trinajstić information content (AvgIpc) is 2.45. The van der Waals surface area contributed by atoms with Gasteiger partial charge in [-0.2, -0.15) is 0 Å². The molecule has 1 aromatic carbocycles. The summed E-state index contributed by atoms with van der Waals surface area (Å²) in [6, 6.07) is 2.38. The number of carbonyl (C=O) groups is 1. The molecule has 3 nitrogen and oxygen atoms in total. The van der Waals surface area contributed by atoms with Crippen LogP contribution in [0.2, 0.25) is 0 Å². The standard InChI is InChI=1S/C16H20F2N2O.ClH/c17-14-9-13(16(21)20-11-2-1-3-11)15(18)8-12(14)10-4-6-19-7-5-10;/h8-11,19H,1-7H2,(H,20,21);1H. The van der Waals surface area contributed by atoms with E-state index in [1.807, 2.05) is 0 Å². The Morgan fingerprint density at radius 2 is 1.77 bits per heavy atom. The number of halogens is 3. The summed E-state index contributed by atoms with van der Waals surface area (Å²) in [5, 5.41) is 5.95. The molecule has 2 fully saturated rings. The van der Waals surface area contributed by atoms with Crippen molar-refractivity contribution in [1.29, 1.82) is 0 Å². The molecule has 0 aromatic heterocycles. The van der Waals surface area contributed by atoms with Crippen LogP contribution in [0.15, 0.2) is 12.1 Å². The fourth-order valence-corrected chi connectivity index (χ4v) is 3.00. The maximum absolute atomic E-state index is 14.2. The van der Waals surface area contributed by atoms with Crippen molar-refractivity contribution in [2.75, 3.05) is 13.1 Å². The molecule has 1 amide bonds. The van der Waals surface area contributed by atoms with E-state index in [0.717, 1.165) is 51.3 Å². The monoisotopic (exact) mass is 330 g/mol. The van der Waals surface area contributed by atoms with Crippen LogP contribution in [0.5, 0.6) is 0 Å². The zero-order valence-electron chi connectivity index (χ0n) is 12.3.